The Morgan fingerprint density at radius 3 is 2.53 bits per heavy atom. The van der Waals surface area contributed by atoms with Crippen LogP contribution in [0.4, 0.5) is 0 Å². The molecule has 30 heavy (non-hydrogen) atoms. The van der Waals surface area contributed by atoms with Crippen LogP contribution in [0.3, 0.4) is 0 Å². The summed E-state index contributed by atoms with van der Waals surface area (Å²) in [6.45, 7) is 0. The Hall–Kier alpha value is -4.39. The van der Waals surface area contributed by atoms with Crippen molar-refractivity contribution in [3.05, 3.63) is 95.8 Å². The molecule has 0 atom stereocenters. The normalized spacial score (nSPS) is 10.9. The zero-order chi connectivity index (χ0) is 20.9. The van der Waals surface area contributed by atoms with Gasteiger partial charge in [-0.05, 0) is 35.4 Å². The predicted octanol–water partition coefficient (Wildman–Crippen LogP) is 2.42. The molecule has 0 spiro atoms. The first-order chi connectivity index (χ1) is 14.6. The quantitative estimate of drug-likeness (QED) is 0.412. The minimum absolute atomic E-state index is 0.0716. The summed E-state index contributed by atoms with van der Waals surface area (Å²) in [5, 5.41) is 15.5. The molecule has 0 unspecified atom stereocenters. The predicted molar refractivity (Wildman–Crippen MR) is 111 cm³/mol. The van der Waals surface area contributed by atoms with Gasteiger partial charge in [-0.25, -0.2) is 10.4 Å². The first kappa shape index (κ1) is 18.9. The number of hydrogen-bond donors (Lipinski definition) is 1. The number of hydrazone groups is 1. The van der Waals surface area contributed by atoms with E-state index in [4.69, 9.17) is 0 Å². The molecule has 4 rings (SSSR count). The van der Waals surface area contributed by atoms with E-state index in [0.29, 0.717) is 27.7 Å². The third-order valence-corrected chi connectivity index (χ3v) is 4.44. The summed E-state index contributed by atoms with van der Waals surface area (Å²) in [4.78, 5) is 32.4. The summed E-state index contributed by atoms with van der Waals surface area (Å²) < 4.78 is 0. The number of carbonyl (C=O) groups excluding carboxylic acids is 2. The third kappa shape index (κ3) is 4.05. The van der Waals surface area contributed by atoms with Crippen LogP contribution < -0.4 is 10.5 Å². The average Bonchev–Trinajstić information content (AvgIpc) is 2.79. The van der Waals surface area contributed by atoms with Gasteiger partial charge in [0.05, 0.1) is 29.0 Å². The minimum atomic E-state index is -1.25. The van der Waals surface area contributed by atoms with E-state index in [2.05, 4.69) is 20.5 Å². The lowest BCUT2D eigenvalue weighted by Gasteiger charge is -2.08. The Bertz CT molecular complexity index is 1250. The number of nitrogens with one attached hydrogen (secondary N) is 1. The second kappa shape index (κ2) is 8.32. The second-order valence-corrected chi connectivity index (χ2v) is 6.42. The van der Waals surface area contributed by atoms with E-state index in [-0.39, 0.29) is 11.5 Å². The summed E-state index contributed by atoms with van der Waals surface area (Å²) in [7, 11) is 0. The highest BCUT2D eigenvalue weighted by atomic mass is 16.4. The van der Waals surface area contributed by atoms with Crippen LogP contribution >= 0.6 is 0 Å². The fraction of sp³-hybridized carbons (Fsp3) is 0. The zero-order valence-electron chi connectivity index (χ0n) is 15.6. The summed E-state index contributed by atoms with van der Waals surface area (Å²) >= 11 is 0. The van der Waals surface area contributed by atoms with Gasteiger partial charge in [0, 0.05) is 23.3 Å². The van der Waals surface area contributed by atoms with Crippen LogP contribution in [0, 0.1) is 0 Å². The van der Waals surface area contributed by atoms with E-state index in [9.17, 15) is 14.7 Å². The van der Waals surface area contributed by atoms with E-state index in [1.54, 1.807) is 30.6 Å². The van der Waals surface area contributed by atoms with E-state index < -0.39 is 5.97 Å². The number of carbonyl (C=O) groups is 2. The molecule has 2 aromatic heterocycles. The molecule has 2 heterocycles. The van der Waals surface area contributed by atoms with Crippen molar-refractivity contribution in [1.82, 2.24) is 15.4 Å². The van der Waals surface area contributed by atoms with E-state index in [1.165, 1.54) is 18.3 Å². The molecule has 0 radical (unpaired) electrons. The molecule has 7 nitrogen and oxygen atoms in total. The molecule has 0 bridgehead atoms. The molecular weight excluding hydrogens is 380 g/mol. The van der Waals surface area contributed by atoms with Gasteiger partial charge in [0.2, 0.25) is 0 Å². The van der Waals surface area contributed by atoms with Gasteiger partial charge in [0.25, 0.3) is 5.91 Å². The van der Waals surface area contributed by atoms with Crippen molar-refractivity contribution in [1.29, 1.82) is 0 Å². The van der Waals surface area contributed by atoms with Crippen LogP contribution in [0.2, 0.25) is 0 Å². The van der Waals surface area contributed by atoms with Gasteiger partial charge in [-0.2, -0.15) is 5.10 Å². The van der Waals surface area contributed by atoms with Gasteiger partial charge in [-0.15, -0.1) is 0 Å². The number of rotatable bonds is 5. The van der Waals surface area contributed by atoms with Crippen molar-refractivity contribution in [3.8, 4) is 11.3 Å². The number of pyridine rings is 2. The van der Waals surface area contributed by atoms with Crippen molar-refractivity contribution in [2.45, 2.75) is 0 Å². The maximum atomic E-state index is 12.8. The second-order valence-electron chi connectivity index (χ2n) is 6.42. The number of nitrogens with zero attached hydrogens (tertiary/aromatic N) is 3. The Kier molecular flexibility index (Phi) is 5.25. The van der Waals surface area contributed by atoms with Crippen LogP contribution in [-0.2, 0) is 0 Å². The largest absolute Gasteiger partial charge is 0.545 e. The number of hydrogen-bond acceptors (Lipinski definition) is 6. The number of fused-ring (bicyclic) bond motifs is 1. The highest BCUT2D eigenvalue weighted by molar-refractivity contribution is 6.07. The number of para-hydroxylation sites is 1. The maximum Gasteiger partial charge on any atom is 0.272 e. The molecule has 4 aromatic rings. The minimum Gasteiger partial charge on any atom is -0.545 e. The lowest BCUT2D eigenvalue weighted by Crippen LogP contribution is -2.22. The van der Waals surface area contributed by atoms with Crippen LogP contribution in [0.5, 0.6) is 0 Å². The number of benzene rings is 2. The lowest BCUT2D eigenvalue weighted by molar-refractivity contribution is -0.255. The average molecular weight is 395 g/mol. The topological polar surface area (TPSA) is 107 Å². The van der Waals surface area contributed by atoms with E-state index in [1.807, 2.05) is 36.4 Å². The molecule has 0 aliphatic heterocycles. The fourth-order valence-corrected chi connectivity index (χ4v) is 2.96. The molecule has 2 aromatic carbocycles. The summed E-state index contributed by atoms with van der Waals surface area (Å²) in [5.41, 5.74) is 5.77. The summed E-state index contributed by atoms with van der Waals surface area (Å²) in [6.07, 6.45) is 4.79. The van der Waals surface area contributed by atoms with Crippen molar-refractivity contribution >= 4 is 29.0 Å². The van der Waals surface area contributed by atoms with Gasteiger partial charge >= 0.3 is 0 Å². The molecule has 0 saturated carbocycles. The fourth-order valence-electron chi connectivity index (χ4n) is 2.96. The monoisotopic (exact) mass is 395 g/mol. The smallest absolute Gasteiger partial charge is 0.272 e. The molecule has 0 fully saturated rings. The standard InChI is InChI=1S/C23H16N4O3/c28-22(27-25-13-15-7-9-16(10-8-15)23(29)30)19-12-21(17-4-3-11-24-14-17)26-20-6-2-1-5-18(19)20/h1-14H,(H,27,28)(H,29,30)/p-1/b25-13-. The molecule has 0 aliphatic rings. The first-order valence-electron chi connectivity index (χ1n) is 9.07. The Morgan fingerprint density at radius 1 is 1.00 bits per heavy atom. The molecule has 146 valence electrons. The van der Waals surface area contributed by atoms with Crippen LogP contribution in [0.1, 0.15) is 26.3 Å². The van der Waals surface area contributed by atoms with Gasteiger partial charge in [-0.1, -0.05) is 42.5 Å². The van der Waals surface area contributed by atoms with Crippen molar-refractivity contribution in [2.24, 2.45) is 5.10 Å². The van der Waals surface area contributed by atoms with Crippen molar-refractivity contribution in [3.63, 3.8) is 0 Å². The van der Waals surface area contributed by atoms with Crippen molar-refractivity contribution < 1.29 is 14.7 Å². The van der Waals surface area contributed by atoms with Gasteiger partial charge in [0.15, 0.2) is 0 Å². The lowest BCUT2D eigenvalue weighted by atomic mass is 10.0. The molecule has 1 amide bonds. The zero-order valence-corrected chi connectivity index (χ0v) is 15.6. The van der Waals surface area contributed by atoms with Crippen LogP contribution in [-0.4, -0.2) is 28.1 Å². The number of carboxylic acids is 1. The summed E-state index contributed by atoms with van der Waals surface area (Å²) in [5.74, 6) is -1.64. The van der Waals surface area contributed by atoms with Gasteiger partial charge < -0.3 is 9.90 Å². The van der Waals surface area contributed by atoms with Gasteiger partial charge in [-0.3, -0.25) is 9.78 Å². The molecule has 7 heteroatoms. The number of amides is 1. The molecule has 1 N–H and O–H groups in total. The van der Waals surface area contributed by atoms with E-state index >= 15 is 0 Å². The van der Waals surface area contributed by atoms with E-state index in [0.717, 1.165) is 5.56 Å². The number of aromatic nitrogens is 2. The molecule has 0 saturated heterocycles. The maximum absolute atomic E-state index is 12.8. The number of carboxylic acid groups (broad SMARTS) is 1. The SMILES string of the molecule is O=C([O-])c1ccc(/C=N\NC(=O)c2cc(-c3cccnc3)nc3ccccc23)cc1. The Morgan fingerprint density at radius 2 is 1.80 bits per heavy atom. The highest BCUT2D eigenvalue weighted by Gasteiger charge is 2.13. The Labute approximate surface area is 171 Å². The summed E-state index contributed by atoms with van der Waals surface area (Å²) in [6, 6.07) is 18.7. The third-order valence-electron chi connectivity index (χ3n) is 4.44. The number of aromatic carboxylic acids is 1. The Balaban J connectivity index is 1.61. The first-order valence-corrected chi connectivity index (χ1v) is 9.07. The highest BCUT2D eigenvalue weighted by Crippen LogP contribution is 2.24. The van der Waals surface area contributed by atoms with Gasteiger partial charge in [0.1, 0.15) is 0 Å². The van der Waals surface area contributed by atoms with Crippen LogP contribution in [0.15, 0.2) is 84.2 Å². The van der Waals surface area contributed by atoms with Crippen LogP contribution in [0.25, 0.3) is 22.2 Å². The van der Waals surface area contributed by atoms with Crippen molar-refractivity contribution in [2.75, 3.05) is 0 Å². The molecule has 0 aliphatic carbocycles. The molecular formula is C23H15N4O3-.